The van der Waals surface area contributed by atoms with Crippen molar-refractivity contribution in [2.45, 2.75) is 13.3 Å². The van der Waals surface area contributed by atoms with Crippen LogP contribution in [0.4, 0.5) is 10.1 Å². The van der Waals surface area contributed by atoms with Crippen LogP contribution in [0.5, 0.6) is 0 Å². The summed E-state index contributed by atoms with van der Waals surface area (Å²) in [6.45, 7) is 2.10. The SMILES string of the molecule is CCc1ccc(N/C=C/C(=O)c2ccc(F)cc2)cc1. The van der Waals surface area contributed by atoms with Gasteiger partial charge in [0.1, 0.15) is 5.82 Å². The molecule has 0 aromatic heterocycles. The summed E-state index contributed by atoms with van der Waals surface area (Å²) < 4.78 is 12.7. The third-order valence-corrected chi connectivity index (χ3v) is 2.98. The first-order chi connectivity index (χ1) is 9.69. The average Bonchev–Trinajstić information content (AvgIpc) is 2.48. The highest BCUT2D eigenvalue weighted by atomic mass is 19.1. The van der Waals surface area contributed by atoms with E-state index in [1.165, 1.54) is 35.9 Å². The highest BCUT2D eigenvalue weighted by Crippen LogP contribution is 2.10. The van der Waals surface area contributed by atoms with Crippen molar-refractivity contribution in [3.63, 3.8) is 0 Å². The van der Waals surface area contributed by atoms with Crippen molar-refractivity contribution in [3.05, 3.63) is 77.8 Å². The molecule has 2 nitrogen and oxygen atoms in total. The first-order valence-electron chi connectivity index (χ1n) is 6.51. The van der Waals surface area contributed by atoms with E-state index < -0.39 is 0 Å². The van der Waals surface area contributed by atoms with E-state index in [0.29, 0.717) is 5.56 Å². The number of nitrogens with one attached hydrogen (secondary N) is 1. The summed E-state index contributed by atoms with van der Waals surface area (Å²) in [6, 6.07) is 13.5. The first-order valence-corrected chi connectivity index (χ1v) is 6.51. The highest BCUT2D eigenvalue weighted by molar-refractivity contribution is 6.04. The monoisotopic (exact) mass is 269 g/mol. The molecule has 0 fully saturated rings. The molecule has 1 N–H and O–H groups in total. The van der Waals surface area contributed by atoms with Crippen molar-refractivity contribution in [3.8, 4) is 0 Å². The summed E-state index contributed by atoms with van der Waals surface area (Å²) in [6.07, 6.45) is 4.02. The summed E-state index contributed by atoms with van der Waals surface area (Å²) in [4.78, 5) is 11.8. The number of ketones is 1. The van der Waals surface area contributed by atoms with Crippen molar-refractivity contribution in [2.75, 3.05) is 5.32 Å². The van der Waals surface area contributed by atoms with Gasteiger partial charge in [0.05, 0.1) is 0 Å². The summed E-state index contributed by atoms with van der Waals surface area (Å²) in [7, 11) is 0. The summed E-state index contributed by atoms with van der Waals surface area (Å²) in [5.74, 6) is -0.512. The van der Waals surface area contributed by atoms with Crippen molar-refractivity contribution >= 4 is 11.5 Å². The molecule has 0 bridgehead atoms. The van der Waals surface area contributed by atoms with Crippen LogP contribution in [0.2, 0.25) is 0 Å². The summed E-state index contributed by atoms with van der Waals surface area (Å²) in [5.41, 5.74) is 2.65. The normalized spacial score (nSPS) is 10.7. The van der Waals surface area contributed by atoms with Gasteiger partial charge in [-0.1, -0.05) is 19.1 Å². The molecule has 0 unspecified atom stereocenters. The number of hydrogen-bond donors (Lipinski definition) is 1. The van der Waals surface area contributed by atoms with E-state index >= 15 is 0 Å². The molecule has 0 spiro atoms. The van der Waals surface area contributed by atoms with Crippen LogP contribution in [0.15, 0.2) is 60.8 Å². The maximum atomic E-state index is 12.7. The Hall–Kier alpha value is -2.42. The third kappa shape index (κ3) is 3.79. The number of benzene rings is 2. The average molecular weight is 269 g/mol. The lowest BCUT2D eigenvalue weighted by atomic mass is 10.1. The number of allylic oxidation sites excluding steroid dienone is 1. The lowest BCUT2D eigenvalue weighted by Crippen LogP contribution is -1.96. The Balaban J connectivity index is 1.95. The van der Waals surface area contributed by atoms with Crippen LogP contribution in [-0.4, -0.2) is 5.78 Å². The standard InChI is InChI=1S/C17H16FNO/c1-2-13-3-9-16(10-4-13)19-12-11-17(20)14-5-7-15(18)8-6-14/h3-12,19H,2H2,1H3/b12-11+. The predicted octanol–water partition coefficient (Wildman–Crippen LogP) is 4.20. The maximum absolute atomic E-state index is 12.7. The van der Waals surface area contributed by atoms with Crippen LogP contribution in [0.3, 0.4) is 0 Å². The quantitative estimate of drug-likeness (QED) is 0.651. The van der Waals surface area contributed by atoms with E-state index in [9.17, 15) is 9.18 Å². The number of hydrogen-bond acceptors (Lipinski definition) is 2. The summed E-state index contributed by atoms with van der Waals surface area (Å²) in [5, 5.41) is 3.03. The molecule has 0 radical (unpaired) electrons. The lowest BCUT2D eigenvalue weighted by Gasteiger charge is -2.02. The van der Waals surface area contributed by atoms with E-state index in [-0.39, 0.29) is 11.6 Å². The van der Waals surface area contributed by atoms with Gasteiger partial charge in [-0.2, -0.15) is 0 Å². The molecule has 3 heteroatoms. The highest BCUT2D eigenvalue weighted by Gasteiger charge is 2.01. The van der Waals surface area contributed by atoms with Crippen molar-refractivity contribution in [1.82, 2.24) is 0 Å². The van der Waals surface area contributed by atoms with Crippen molar-refractivity contribution in [1.29, 1.82) is 0 Å². The zero-order valence-corrected chi connectivity index (χ0v) is 11.3. The Kier molecular flexibility index (Phi) is 4.66. The van der Waals surface area contributed by atoms with Crippen LogP contribution in [0.1, 0.15) is 22.8 Å². The predicted molar refractivity (Wildman–Crippen MR) is 79.3 cm³/mol. The van der Waals surface area contributed by atoms with Gasteiger partial charge in [0, 0.05) is 23.5 Å². The molecule has 0 amide bonds. The van der Waals surface area contributed by atoms with Crippen LogP contribution >= 0.6 is 0 Å². The molecule has 2 aromatic carbocycles. The molecule has 0 saturated carbocycles. The van der Waals surface area contributed by atoms with Crippen LogP contribution < -0.4 is 5.32 Å². The Labute approximate surface area is 118 Å². The second-order valence-corrected chi connectivity index (χ2v) is 4.40. The molecular weight excluding hydrogens is 253 g/mol. The van der Waals surface area contributed by atoms with Crippen LogP contribution in [0, 0.1) is 5.82 Å². The molecule has 0 heterocycles. The van der Waals surface area contributed by atoms with Crippen molar-refractivity contribution < 1.29 is 9.18 Å². The molecule has 0 aliphatic carbocycles. The van der Waals surface area contributed by atoms with Crippen LogP contribution in [0.25, 0.3) is 0 Å². The number of anilines is 1. The number of carbonyl (C=O) groups is 1. The molecule has 20 heavy (non-hydrogen) atoms. The lowest BCUT2D eigenvalue weighted by molar-refractivity contribution is 0.104. The number of rotatable bonds is 5. The molecule has 102 valence electrons. The fourth-order valence-corrected chi connectivity index (χ4v) is 1.76. The smallest absolute Gasteiger partial charge is 0.187 e. The molecule has 2 aromatic rings. The van der Waals surface area contributed by atoms with Gasteiger partial charge in [0.2, 0.25) is 0 Å². The topological polar surface area (TPSA) is 29.1 Å². The van der Waals surface area contributed by atoms with Gasteiger partial charge in [0.15, 0.2) is 5.78 Å². The Morgan fingerprint density at radius 2 is 1.75 bits per heavy atom. The minimum atomic E-state index is -0.348. The largest absolute Gasteiger partial charge is 0.362 e. The van der Waals surface area contributed by atoms with E-state index in [0.717, 1.165) is 12.1 Å². The van der Waals surface area contributed by atoms with Gasteiger partial charge in [-0.15, -0.1) is 0 Å². The fraction of sp³-hybridized carbons (Fsp3) is 0.118. The zero-order chi connectivity index (χ0) is 14.4. The zero-order valence-electron chi connectivity index (χ0n) is 11.3. The number of carbonyl (C=O) groups excluding carboxylic acids is 1. The Morgan fingerprint density at radius 1 is 1.10 bits per heavy atom. The molecular formula is C17H16FNO. The molecule has 0 saturated heterocycles. The second-order valence-electron chi connectivity index (χ2n) is 4.40. The van der Waals surface area contributed by atoms with Gasteiger partial charge in [-0.25, -0.2) is 4.39 Å². The maximum Gasteiger partial charge on any atom is 0.187 e. The molecule has 0 aliphatic rings. The first kappa shape index (κ1) is 14.0. The van der Waals surface area contributed by atoms with E-state index in [1.807, 2.05) is 24.3 Å². The minimum Gasteiger partial charge on any atom is -0.362 e. The number of aryl methyl sites for hydroxylation is 1. The molecule has 0 atom stereocenters. The van der Waals surface area contributed by atoms with Gasteiger partial charge in [-0.3, -0.25) is 4.79 Å². The minimum absolute atomic E-state index is 0.164. The van der Waals surface area contributed by atoms with Gasteiger partial charge >= 0.3 is 0 Å². The van der Waals surface area contributed by atoms with Crippen LogP contribution in [-0.2, 0) is 6.42 Å². The number of halogens is 1. The van der Waals surface area contributed by atoms with E-state index in [4.69, 9.17) is 0 Å². The van der Waals surface area contributed by atoms with Gasteiger partial charge < -0.3 is 5.32 Å². The van der Waals surface area contributed by atoms with Crippen molar-refractivity contribution in [2.24, 2.45) is 0 Å². The fourth-order valence-electron chi connectivity index (χ4n) is 1.76. The van der Waals surface area contributed by atoms with E-state index in [1.54, 1.807) is 6.20 Å². The molecule has 2 rings (SSSR count). The Morgan fingerprint density at radius 3 is 2.35 bits per heavy atom. The second kappa shape index (κ2) is 6.66. The summed E-state index contributed by atoms with van der Waals surface area (Å²) >= 11 is 0. The van der Waals surface area contributed by atoms with Gasteiger partial charge in [-0.05, 0) is 48.4 Å². The molecule has 0 aliphatic heterocycles. The third-order valence-electron chi connectivity index (χ3n) is 2.98. The van der Waals surface area contributed by atoms with E-state index in [2.05, 4.69) is 12.2 Å². The van der Waals surface area contributed by atoms with Gasteiger partial charge in [0.25, 0.3) is 0 Å². The Bertz CT molecular complexity index is 600.